The zero-order valence-corrected chi connectivity index (χ0v) is 21.6. The van der Waals surface area contributed by atoms with Gasteiger partial charge < -0.3 is 15.5 Å². The van der Waals surface area contributed by atoms with E-state index in [0.717, 1.165) is 59.6 Å². The van der Waals surface area contributed by atoms with Gasteiger partial charge in [0.2, 0.25) is 17.7 Å². The molecule has 0 unspecified atom stereocenters. The minimum Gasteiger partial charge on any atom is -0.342 e. The van der Waals surface area contributed by atoms with Crippen molar-refractivity contribution in [2.45, 2.75) is 47.5 Å². The van der Waals surface area contributed by atoms with Gasteiger partial charge in [0.25, 0.3) is 0 Å². The number of carbonyl (C=O) groups is 3. The molecule has 1 saturated heterocycles. The molecular formula is C28H38N4O3. The van der Waals surface area contributed by atoms with Crippen LogP contribution in [0.2, 0.25) is 0 Å². The Morgan fingerprint density at radius 2 is 1.17 bits per heavy atom. The molecular weight excluding hydrogens is 440 g/mol. The van der Waals surface area contributed by atoms with Crippen molar-refractivity contribution < 1.29 is 14.4 Å². The molecule has 0 bridgehead atoms. The van der Waals surface area contributed by atoms with Gasteiger partial charge in [-0.15, -0.1) is 0 Å². The molecule has 1 aliphatic heterocycles. The molecule has 0 saturated carbocycles. The van der Waals surface area contributed by atoms with Crippen LogP contribution in [-0.2, 0) is 14.4 Å². The lowest BCUT2D eigenvalue weighted by atomic mass is 9.99. The van der Waals surface area contributed by atoms with Crippen molar-refractivity contribution in [3.05, 3.63) is 58.7 Å². The molecule has 7 nitrogen and oxygen atoms in total. The monoisotopic (exact) mass is 478 g/mol. The van der Waals surface area contributed by atoms with Crippen LogP contribution < -0.4 is 10.6 Å². The summed E-state index contributed by atoms with van der Waals surface area (Å²) in [5.41, 5.74) is 5.42. The summed E-state index contributed by atoms with van der Waals surface area (Å²) in [4.78, 5) is 42.4. The fourth-order valence-electron chi connectivity index (χ4n) is 4.50. The number of carbonyl (C=O) groups excluding carboxylic acids is 3. The van der Waals surface area contributed by atoms with Crippen LogP contribution in [0.5, 0.6) is 0 Å². The highest BCUT2D eigenvalue weighted by atomic mass is 16.2. The van der Waals surface area contributed by atoms with Crippen molar-refractivity contribution in [3.8, 4) is 0 Å². The molecule has 35 heavy (non-hydrogen) atoms. The number of anilines is 2. The summed E-state index contributed by atoms with van der Waals surface area (Å²) >= 11 is 0. The number of amides is 3. The summed E-state index contributed by atoms with van der Waals surface area (Å²) in [6.07, 6.45) is 1.96. The topological polar surface area (TPSA) is 81.8 Å². The maximum Gasteiger partial charge on any atom is 0.238 e. The molecule has 1 aliphatic rings. The largest absolute Gasteiger partial charge is 0.342 e. The van der Waals surface area contributed by atoms with Gasteiger partial charge >= 0.3 is 0 Å². The second-order valence-electron chi connectivity index (χ2n) is 9.84. The predicted molar refractivity (Wildman–Crippen MR) is 141 cm³/mol. The maximum absolute atomic E-state index is 13.0. The molecule has 3 amide bonds. The van der Waals surface area contributed by atoms with E-state index in [9.17, 15) is 14.4 Å². The zero-order chi connectivity index (χ0) is 25.5. The number of likely N-dealkylation sites (tertiary alicyclic amines) is 1. The van der Waals surface area contributed by atoms with Crippen LogP contribution in [0, 0.1) is 33.6 Å². The number of rotatable bonds is 8. The first kappa shape index (κ1) is 26.4. The summed E-state index contributed by atoms with van der Waals surface area (Å²) in [5.74, 6) is 0.0720. The van der Waals surface area contributed by atoms with Gasteiger partial charge in [-0.05, 0) is 68.7 Å². The SMILES string of the molecule is Cc1cccc(C)c1NC(=O)CN(CC(=O)Nc1c(C)cccc1C)CC(=O)N1CCC(C)CC1. The number of nitrogens with zero attached hydrogens (tertiary/aromatic N) is 2. The molecule has 188 valence electrons. The Balaban J connectivity index is 1.71. The highest BCUT2D eigenvalue weighted by molar-refractivity contribution is 5.96. The van der Waals surface area contributed by atoms with Crippen LogP contribution in [0.1, 0.15) is 42.0 Å². The summed E-state index contributed by atoms with van der Waals surface area (Å²) in [6.45, 7) is 11.3. The Bertz CT molecular complexity index is 966. The number of aryl methyl sites for hydroxylation is 4. The lowest BCUT2D eigenvalue weighted by Gasteiger charge is -2.32. The first-order chi connectivity index (χ1) is 16.6. The number of benzene rings is 2. The quantitative estimate of drug-likeness (QED) is 0.600. The third-order valence-electron chi connectivity index (χ3n) is 6.72. The normalized spacial score (nSPS) is 14.2. The van der Waals surface area contributed by atoms with E-state index in [-0.39, 0.29) is 37.4 Å². The molecule has 3 rings (SSSR count). The summed E-state index contributed by atoms with van der Waals surface area (Å²) < 4.78 is 0. The first-order valence-corrected chi connectivity index (χ1v) is 12.4. The molecule has 0 radical (unpaired) electrons. The van der Waals surface area contributed by atoms with Crippen LogP contribution in [0.15, 0.2) is 36.4 Å². The van der Waals surface area contributed by atoms with E-state index in [2.05, 4.69) is 17.6 Å². The average molecular weight is 479 g/mol. The van der Waals surface area contributed by atoms with Gasteiger partial charge in [0.1, 0.15) is 0 Å². The predicted octanol–water partition coefficient (Wildman–Crippen LogP) is 4.06. The molecule has 2 aromatic rings. The first-order valence-electron chi connectivity index (χ1n) is 12.4. The Hall–Kier alpha value is -3.19. The van der Waals surface area contributed by atoms with Crippen molar-refractivity contribution in [2.75, 3.05) is 43.4 Å². The third kappa shape index (κ3) is 7.39. The fraction of sp³-hybridized carbons (Fsp3) is 0.464. The number of nitrogens with one attached hydrogen (secondary N) is 2. The van der Waals surface area contributed by atoms with E-state index in [1.54, 1.807) is 4.90 Å². The van der Waals surface area contributed by atoms with E-state index in [0.29, 0.717) is 5.92 Å². The lowest BCUT2D eigenvalue weighted by molar-refractivity contribution is -0.134. The van der Waals surface area contributed by atoms with Crippen molar-refractivity contribution in [2.24, 2.45) is 5.92 Å². The second-order valence-corrected chi connectivity index (χ2v) is 9.84. The average Bonchev–Trinajstić information content (AvgIpc) is 2.79. The molecule has 0 atom stereocenters. The smallest absolute Gasteiger partial charge is 0.238 e. The minimum absolute atomic E-state index is 0.0225. The second kappa shape index (κ2) is 12.0. The standard InChI is InChI=1S/C28H38N4O3/c1-19-12-14-32(15-13-19)26(35)18-31(16-24(33)29-27-20(2)8-6-9-21(27)3)17-25(34)30-28-22(4)10-7-11-23(28)5/h6-11,19H,12-18H2,1-5H3,(H,29,33)(H,30,34). The highest BCUT2D eigenvalue weighted by Gasteiger charge is 2.25. The Morgan fingerprint density at radius 3 is 1.57 bits per heavy atom. The lowest BCUT2D eigenvalue weighted by Crippen LogP contribution is -2.47. The van der Waals surface area contributed by atoms with E-state index in [1.165, 1.54) is 0 Å². The molecule has 1 heterocycles. The number of piperidine rings is 1. The van der Waals surface area contributed by atoms with Crippen LogP contribution in [-0.4, -0.2) is 60.2 Å². The molecule has 1 fully saturated rings. The van der Waals surface area contributed by atoms with Crippen LogP contribution >= 0.6 is 0 Å². The molecule has 0 aliphatic carbocycles. The molecule has 0 aromatic heterocycles. The van der Waals surface area contributed by atoms with Gasteiger partial charge in [0.15, 0.2) is 0 Å². The molecule has 7 heteroatoms. The van der Waals surface area contributed by atoms with Crippen molar-refractivity contribution in [3.63, 3.8) is 0 Å². The van der Waals surface area contributed by atoms with Gasteiger partial charge in [-0.3, -0.25) is 19.3 Å². The van der Waals surface area contributed by atoms with E-state index in [4.69, 9.17) is 0 Å². The Labute approximate surface area is 208 Å². The Morgan fingerprint density at radius 1 is 0.771 bits per heavy atom. The van der Waals surface area contributed by atoms with Gasteiger partial charge in [-0.1, -0.05) is 43.3 Å². The van der Waals surface area contributed by atoms with Gasteiger partial charge in [-0.25, -0.2) is 0 Å². The highest BCUT2D eigenvalue weighted by Crippen LogP contribution is 2.21. The fourth-order valence-corrected chi connectivity index (χ4v) is 4.50. The van der Waals surface area contributed by atoms with Crippen molar-refractivity contribution in [1.29, 1.82) is 0 Å². The summed E-state index contributed by atoms with van der Waals surface area (Å²) in [5, 5.41) is 5.94. The number of para-hydroxylation sites is 2. The maximum atomic E-state index is 13.0. The molecule has 2 N–H and O–H groups in total. The van der Waals surface area contributed by atoms with E-state index < -0.39 is 0 Å². The summed E-state index contributed by atoms with van der Waals surface area (Å²) in [7, 11) is 0. The Kier molecular flexibility index (Phi) is 9.04. The van der Waals surface area contributed by atoms with Gasteiger partial charge in [0, 0.05) is 24.5 Å². The molecule has 0 spiro atoms. The van der Waals surface area contributed by atoms with Gasteiger partial charge in [-0.2, -0.15) is 0 Å². The third-order valence-corrected chi connectivity index (χ3v) is 6.72. The molecule has 2 aromatic carbocycles. The minimum atomic E-state index is -0.248. The van der Waals surface area contributed by atoms with Crippen LogP contribution in [0.25, 0.3) is 0 Å². The van der Waals surface area contributed by atoms with Crippen molar-refractivity contribution in [1.82, 2.24) is 9.80 Å². The number of hydrogen-bond donors (Lipinski definition) is 2. The van der Waals surface area contributed by atoms with E-state index in [1.807, 2.05) is 69.0 Å². The number of hydrogen-bond acceptors (Lipinski definition) is 4. The van der Waals surface area contributed by atoms with Crippen molar-refractivity contribution >= 4 is 29.1 Å². The van der Waals surface area contributed by atoms with Crippen LogP contribution in [0.3, 0.4) is 0 Å². The van der Waals surface area contributed by atoms with Gasteiger partial charge in [0.05, 0.1) is 19.6 Å². The zero-order valence-electron chi connectivity index (χ0n) is 21.6. The van der Waals surface area contributed by atoms with E-state index >= 15 is 0 Å². The summed E-state index contributed by atoms with van der Waals surface area (Å²) in [6, 6.07) is 11.7. The van der Waals surface area contributed by atoms with Crippen LogP contribution in [0.4, 0.5) is 11.4 Å².